The van der Waals surface area contributed by atoms with Gasteiger partial charge >= 0.3 is 0 Å². The van der Waals surface area contributed by atoms with Crippen molar-refractivity contribution in [3.8, 4) is 5.75 Å². The van der Waals surface area contributed by atoms with Crippen LogP contribution in [0.3, 0.4) is 0 Å². The average molecular weight is 584 g/mol. The highest BCUT2D eigenvalue weighted by molar-refractivity contribution is 7.92. The Labute approximate surface area is 242 Å². The summed E-state index contributed by atoms with van der Waals surface area (Å²) >= 11 is 0. The smallest absolute Gasteiger partial charge is 0.264 e. The molecular weight excluding hydrogens is 545 g/mol. The fraction of sp³-hybridized carbons (Fsp3) is 0.355. The third kappa shape index (κ3) is 8.29. The van der Waals surface area contributed by atoms with Gasteiger partial charge in [-0.1, -0.05) is 43.7 Å². The Kier molecular flexibility index (Phi) is 11.3. The van der Waals surface area contributed by atoms with Crippen LogP contribution in [0.2, 0.25) is 0 Å². The van der Waals surface area contributed by atoms with Crippen LogP contribution in [0.4, 0.5) is 10.1 Å². The highest BCUT2D eigenvalue weighted by Crippen LogP contribution is 2.27. The Morgan fingerprint density at radius 1 is 0.927 bits per heavy atom. The molecule has 1 unspecified atom stereocenters. The number of sulfonamides is 1. The number of halogens is 1. The van der Waals surface area contributed by atoms with Crippen LogP contribution in [-0.4, -0.2) is 50.9 Å². The van der Waals surface area contributed by atoms with Gasteiger partial charge in [-0.05, 0) is 80.8 Å². The van der Waals surface area contributed by atoms with E-state index in [2.05, 4.69) is 5.32 Å². The van der Waals surface area contributed by atoms with E-state index in [1.807, 2.05) is 52.0 Å². The van der Waals surface area contributed by atoms with Crippen molar-refractivity contribution < 1.29 is 27.1 Å². The molecule has 41 heavy (non-hydrogen) atoms. The van der Waals surface area contributed by atoms with Crippen molar-refractivity contribution in [1.29, 1.82) is 0 Å². The SMILES string of the molecule is CCCNC(=O)C(CC)N(Cc1ccc(C)cc1)C(=O)CN(c1ccc(OCC)cc1)S(=O)(=O)c1ccc(F)cc1. The summed E-state index contributed by atoms with van der Waals surface area (Å²) in [5.74, 6) is -0.894. The Bertz CT molecular complexity index is 1400. The van der Waals surface area contributed by atoms with Crippen LogP contribution in [0.25, 0.3) is 0 Å². The second-order valence-corrected chi connectivity index (χ2v) is 11.5. The maximum atomic E-state index is 14.0. The molecule has 1 atom stereocenters. The summed E-state index contributed by atoms with van der Waals surface area (Å²) in [6, 6.07) is 17.6. The maximum Gasteiger partial charge on any atom is 0.264 e. The van der Waals surface area contributed by atoms with Crippen molar-refractivity contribution in [2.75, 3.05) is 24.0 Å². The molecule has 0 aliphatic heterocycles. The molecule has 0 saturated carbocycles. The number of carbonyl (C=O) groups is 2. The molecule has 0 bridgehead atoms. The van der Waals surface area contributed by atoms with Crippen molar-refractivity contribution in [2.45, 2.75) is 58.0 Å². The van der Waals surface area contributed by atoms with E-state index < -0.39 is 34.3 Å². The molecule has 3 aromatic carbocycles. The van der Waals surface area contributed by atoms with Gasteiger partial charge in [-0.25, -0.2) is 12.8 Å². The van der Waals surface area contributed by atoms with Crippen LogP contribution >= 0.6 is 0 Å². The fourth-order valence-electron chi connectivity index (χ4n) is 4.31. The number of benzene rings is 3. The van der Waals surface area contributed by atoms with Gasteiger partial charge in [-0.3, -0.25) is 13.9 Å². The summed E-state index contributed by atoms with van der Waals surface area (Å²) in [6.07, 6.45) is 1.07. The summed E-state index contributed by atoms with van der Waals surface area (Å²) in [4.78, 5) is 28.4. The van der Waals surface area contributed by atoms with Gasteiger partial charge in [0.15, 0.2) is 0 Å². The molecule has 3 rings (SSSR count). The van der Waals surface area contributed by atoms with E-state index in [1.54, 1.807) is 24.3 Å². The second kappa shape index (κ2) is 14.6. The molecule has 2 amide bonds. The van der Waals surface area contributed by atoms with Crippen LogP contribution in [0.1, 0.15) is 44.7 Å². The third-order valence-electron chi connectivity index (χ3n) is 6.52. The van der Waals surface area contributed by atoms with E-state index in [4.69, 9.17) is 4.74 Å². The van der Waals surface area contributed by atoms with Gasteiger partial charge in [-0.2, -0.15) is 0 Å². The molecule has 0 aromatic heterocycles. The monoisotopic (exact) mass is 583 g/mol. The lowest BCUT2D eigenvalue weighted by atomic mass is 10.1. The molecular formula is C31H38FN3O5S. The van der Waals surface area contributed by atoms with Gasteiger partial charge in [0, 0.05) is 13.1 Å². The van der Waals surface area contributed by atoms with Crippen LogP contribution in [0.5, 0.6) is 5.75 Å². The zero-order chi connectivity index (χ0) is 30.0. The molecule has 0 aliphatic carbocycles. The van der Waals surface area contributed by atoms with Gasteiger partial charge in [0.05, 0.1) is 17.2 Å². The second-order valence-electron chi connectivity index (χ2n) is 9.61. The molecule has 0 fully saturated rings. The van der Waals surface area contributed by atoms with Crippen LogP contribution in [0, 0.1) is 12.7 Å². The van der Waals surface area contributed by atoms with E-state index in [0.29, 0.717) is 25.3 Å². The number of aryl methyl sites for hydroxylation is 1. The maximum absolute atomic E-state index is 14.0. The molecule has 0 saturated heterocycles. The van der Waals surface area contributed by atoms with Crippen LogP contribution in [0.15, 0.2) is 77.7 Å². The molecule has 1 N–H and O–H groups in total. The Hall–Kier alpha value is -3.92. The van der Waals surface area contributed by atoms with E-state index in [9.17, 15) is 22.4 Å². The summed E-state index contributed by atoms with van der Waals surface area (Å²) in [5.41, 5.74) is 2.08. The van der Waals surface area contributed by atoms with Gasteiger partial charge < -0.3 is 15.0 Å². The lowest BCUT2D eigenvalue weighted by Crippen LogP contribution is -2.52. The molecule has 8 nitrogen and oxygen atoms in total. The molecule has 0 heterocycles. The number of hydrogen-bond donors (Lipinski definition) is 1. The summed E-state index contributed by atoms with van der Waals surface area (Å²) in [6.45, 7) is 7.97. The molecule has 0 aliphatic rings. The number of nitrogens with zero attached hydrogens (tertiary/aromatic N) is 2. The number of rotatable bonds is 14. The predicted octanol–water partition coefficient (Wildman–Crippen LogP) is 5.06. The fourth-order valence-corrected chi connectivity index (χ4v) is 5.73. The minimum Gasteiger partial charge on any atom is -0.494 e. The Morgan fingerprint density at radius 2 is 1.56 bits per heavy atom. The Balaban J connectivity index is 2.04. The molecule has 0 radical (unpaired) electrons. The van der Waals surface area contributed by atoms with Gasteiger partial charge in [0.2, 0.25) is 11.8 Å². The van der Waals surface area contributed by atoms with E-state index in [1.165, 1.54) is 4.90 Å². The minimum absolute atomic E-state index is 0.116. The summed E-state index contributed by atoms with van der Waals surface area (Å²) in [7, 11) is -4.29. The highest BCUT2D eigenvalue weighted by atomic mass is 32.2. The van der Waals surface area contributed by atoms with Crippen LogP contribution < -0.4 is 14.4 Å². The van der Waals surface area contributed by atoms with Crippen molar-refractivity contribution in [1.82, 2.24) is 10.2 Å². The molecule has 220 valence electrons. The first-order chi connectivity index (χ1) is 19.6. The number of carbonyl (C=O) groups excluding carboxylic acids is 2. The number of ether oxygens (including phenoxy) is 1. The summed E-state index contributed by atoms with van der Waals surface area (Å²) < 4.78 is 47.8. The standard InChI is InChI=1S/C31H38FN3O5S/c1-5-20-33-31(37)29(6-2)34(21-24-10-8-23(4)9-11-24)30(36)22-35(26-14-16-27(17-15-26)40-7-3)41(38,39)28-18-12-25(32)13-19-28/h8-19,29H,5-7,20-22H2,1-4H3,(H,33,37). The largest absolute Gasteiger partial charge is 0.494 e. The average Bonchev–Trinajstić information content (AvgIpc) is 2.96. The first kappa shape index (κ1) is 31.6. The number of hydrogen-bond acceptors (Lipinski definition) is 5. The van der Waals surface area contributed by atoms with Crippen molar-refractivity contribution >= 4 is 27.5 Å². The molecule has 10 heteroatoms. The number of amides is 2. The minimum atomic E-state index is -4.29. The van der Waals surface area contributed by atoms with Crippen molar-refractivity contribution in [3.63, 3.8) is 0 Å². The number of anilines is 1. The van der Waals surface area contributed by atoms with Gasteiger partial charge in [-0.15, -0.1) is 0 Å². The first-order valence-corrected chi connectivity index (χ1v) is 15.2. The van der Waals surface area contributed by atoms with E-state index in [-0.39, 0.29) is 23.0 Å². The lowest BCUT2D eigenvalue weighted by Gasteiger charge is -2.33. The van der Waals surface area contributed by atoms with Crippen molar-refractivity contribution in [2.24, 2.45) is 0 Å². The zero-order valence-electron chi connectivity index (χ0n) is 24.0. The van der Waals surface area contributed by atoms with Crippen LogP contribution in [-0.2, 0) is 26.2 Å². The zero-order valence-corrected chi connectivity index (χ0v) is 24.8. The van der Waals surface area contributed by atoms with Gasteiger partial charge in [0.1, 0.15) is 24.2 Å². The topological polar surface area (TPSA) is 96.0 Å². The third-order valence-corrected chi connectivity index (χ3v) is 8.31. The molecule has 3 aromatic rings. The lowest BCUT2D eigenvalue weighted by molar-refractivity contribution is -0.140. The van der Waals surface area contributed by atoms with Crippen molar-refractivity contribution in [3.05, 3.63) is 89.7 Å². The van der Waals surface area contributed by atoms with E-state index in [0.717, 1.165) is 46.1 Å². The summed E-state index contributed by atoms with van der Waals surface area (Å²) in [5, 5.41) is 2.86. The highest BCUT2D eigenvalue weighted by Gasteiger charge is 2.33. The number of nitrogens with one attached hydrogen (secondary N) is 1. The van der Waals surface area contributed by atoms with Gasteiger partial charge in [0.25, 0.3) is 10.0 Å². The first-order valence-electron chi connectivity index (χ1n) is 13.7. The molecule has 0 spiro atoms. The Morgan fingerprint density at radius 3 is 2.12 bits per heavy atom. The normalized spacial score (nSPS) is 11.9. The van der Waals surface area contributed by atoms with E-state index >= 15 is 0 Å². The quantitative estimate of drug-likeness (QED) is 0.286. The predicted molar refractivity (Wildman–Crippen MR) is 158 cm³/mol.